The van der Waals surface area contributed by atoms with E-state index in [1.165, 1.54) is 18.4 Å². The molecule has 1 aromatic rings. The molecule has 2 heterocycles. The van der Waals surface area contributed by atoms with E-state index in [1.807, 2.05) is 30.3 Å². The smallest absolute Gasteiger partial charge is 0.268 e. The Morgan fingerprint density at radius 2 is 2.00 bits per heavy atom. The number of hydrogen-bond acceptors (Lipinski definition) is 3. The third kappa shape index (κ3) is 1.76. The predicted molar refractivity (Wildman–Crippen MR) is 74.3 cm³/mol. The van der Waals surface area contributed by atoms with Crippen molar-refractivity contribution in [2.24, 2.45) is 5.92 Å². The number of hydrogen-bond donors (Lipinski definition) is 2. The van der Waals surface area contributed by atoms with Crippen LogP contribution in [-0.4, -0.2) is 17.5 Å². The van der Waals surface area contributed by atoms with Crippen LogP contribution in [0.4, 0.5) is 0 Å². The lowest BCUT2D eigenvalue weighted by Crippen LogP contribution is -2.43. The highest BCUT2D eigenvalue weighted by atomic mass is 16.2. The lowest BCUT2D eigenvalue weighted by molar-refractivity contribution is -0.126. The molecule has 19 heavy (non-hydrogen) atoms. The standard InChI is InChI=1S/C15H15N3O.H2/c19-14-8-13(11-4-2-1-3-5-11)17-15-12(10-6-7-10)9-16-18(14)15;/h1-5,8,10,16-17H,6-7,9H2;1H. The molecule has 98 valence electrons. The summed E-state index contributed by atoms with van der Waals surface area (Å²) in [6.07, 6.45) is 4.14. The van der Waals surface area contributed by atoms with Gasteiger partial charge in [-0.05, 0) is 29.9 Å². The fraction of sp³-hybridized carbons (Fsp3) is 0.267. The van der Waals surface area contributed by atoms with Gasteiger partial charge in [-0.2, -0.15) is 0 Å². The number of nitrogens with zero attached hydrogens (tertiary/aromatic N) is 1. The van der Waals surface area contributed by atoms with Crippen molar-refractivity contribution in [2.45, 2.75) is 12.8 Å². The minimum atomic E-state index is 0. The second-order valence-electron chi connectivity index (χ2n) is 5.21. The van der Waals surface area contributed by atoms with Crippen molar-refractivity contribution in [3.63, 3.8) is 0 Å². The van der Waals surface area contributed by atoms with Crippen molar-refractivity contribution in [1.82, 2.24) is 15.8 Å². The number of fused-ring (bicyclic) bond motifs is 1. The van der Waals surface area contributed by atoms with Crippen molar-refractivity contribution in [2.75, 3.05) is 6.54 Å². The van der Waals surface area contributed by atoms with Crippen LogP contribution in [0.15, 0.2) is 47.8 Å². The molecule has 1 aromatic carbocycles. The van der Waals surface area contributed by atoms with Gasteiger partial charge < -0.3 is 5.32 Å². The molecule has 2 aliphatic heterocycles. The molecule has 1 fully saturated rings. The van der Waals surface area contributed by atoms with Gasteiger partial charge in [-0.1, -0.05) is 30.3 Å². The van der Waals surface area contributed by atoms with Crippen molar-refractivity contribution in [3.05, 3.63) is 53.4 Å². The zero-order chi connectivity index (χ0) is 12.8. The maximum Gasteiger partial charge on any atom is 0.268 e. The average Bonchev–Trinajstić information content (AvgIpc) is 3.19. The van der Waals surface area contributed by atoms with Crippen molar-refractivity contribution in [1.29, 1.82) is 0 Å². The summed E-state index contributed by atoms with van der Waals surface area (Å²) in [6, 6.07) is 9.98. The van der Waals surface area contributed by atoms with Gasteiger partial charge in [0.05, 0.1) is 5.70 Å². The molecule has 0 unspecified atom stereocenters. The molecule has 1 saturated carbocycles. The number of amides is 1. The quantitative estimate of drug-likeness (QED) is 0.847. The Morgan fingerprint density at radius 1 is 1.21 bits per heavy atom. The van der Waals surface area contributed by atoms with E-state index in [4.69, 9.17) is 0 Å². The zero-order valence-corrected chi connectivity index (χ0v) is 10.5. The first-order valence-corrected chi connectivity index (χ1v) is 6.68. The molecule has 3 aliphatic rings. The Hall–Kier alpha value is -2.07. The molecule has 0 bridgehead atoms. The predicted octanol–water partition coefficient (Wildman–Crippen LogP) is 1.85. The SMILES string of the molecule is O=C1C=C(c2ccccc2)NC2=C(C3CC3)CNN12.[HH]. The monoisotopic (exact) mass is 255 g/mol. The molecule has 0 saturated heterocycles. The summed E-state index contributed by atoms with van der Waals surface area (Å²) in [5.74, 6) is 1.61. The van der Waals surface area contributed by atoms with E-state index in [-0.39, 0.29) is 7.33 Å². The molecule has 1 amide bonds. The summed E-state index contributed by atoms with van der Waals surface area (Å²) in [4.78, 5) is 12.2. The van der Waals surface area contributed by atoms with Crippen molar-refractivity contribution >= 4 is 11.6 Å². The Labute approximate surface area is 113 Å². The second kappa shape index (κ2) is 3.96. The average molecular weight is 255 g/mol. The lowest BCUT2D eigenvalue weighted by atomic mass is 10.1. The van der Waals surface area contributed by atoms with Crippen molar-refractivity contribution in [3.8, 4) is 0 Å². The van der Waals surface area contributed by atoms with Crippen LogP contribution < -0.4 is 10.7 Å². The number of rotatable bonds is 2. The summed E-state index contributed by atoms with van der Waals surface area (Å²) in [5.41, 5.74) is 6.43. The third-order valence-electron chi connectivity index (χ3n) is 3.85. The van der Waals surface area contributed by atoms with E-state index >= 15 is 0 Å². The fourth-order valence-corrected chi connectivity index (χ4v) is 2.69. The normalized spacial score (nSPS) is 22.2. The lowest BCUT2D eigenvalue weighted by Gasteiger charge is -2.26. The Bertz CT molecular complexity index is 605. The zero-order valence-electron chi connectivity index (χ0n) is 10.5. The van der Waals surface area contributed by atoms with E-state index in [1.54, 1.807) is 11.1 Å². The molecule has 0 atom stereocenters. The Balaban J connectivity index is 0.00000121. The highest BCUT2D eigenvalue weighted by molar-refractivity contribution is 5.98. The summed E-state index contributed by atoms with van der Waals surface area (Å²) in [7, 11) is 0. The number of carbonyl (C=O) groups excluding carboxylic acids is 1. The van der Waals surface area contributed by atoms with Gasteiger partial charge in [-0.3, -0.25) is 4.79 Å². The Kier molecular flexibility index (Phi) is 2.26. The van der Waals surface area contributed by atoms with Crippen LogP contribution in [-0.2, 0) is 4.79 Å². The van der Waals surface area contributed by atoms with Crippen LogP contribution >= 0.6 is 0 Å². The second-order valence-corrected chi connectivity index (χ2v) is 5.21. The number of hydrazine groups is 1. The van der Waals surface area contributed by atoms with Crippen LogP contribution in [0.25, 0.3) is 5.70 Å². The van der Waals surface area contributed by atoms with E-state index in [0.717, 1.165) is 23.6 Å². The topological polar surface area (TPSA) is 44.4 Å². The molecule has 2 N–H and O–H groups in total. The Morgan fingerprint density at radius 3 is 2.74 bits per heavy atom. The fourth-order valence-electron chi connectivity index (χ4n) is 2.69. The maximum absolute atomic E-state index is 12.2. The number of nitrogens with one attached hydrogen (secondary N) is 2. The van der Waals surface area contributed by atoms with Crippen LogP contribution in [0.5, 0.6) is 0 Å². The van der Waals surface area contributed by atoms with Crippen molar-refractivity contribution < 1.29 is 6.22 Å². The van der Waals surface area contributed by atoms with Crippen LogP contribution in [0.3, 0.4) is 0 Å². The summed E-state index contributed by atoms with van der Waals surface area (Å²) < 4.78 is 0. The summed E-state index contributed by atoms with van der Waals surface area (Å²) >= 11 is 0. The third-order valence-corrected chi connectivity index (χ3v) is 3.85. The van der Waals surface area contributed by atoms with Gasteiger partial charge in [0.15, 0.2) is 0 Å². The largest absolute Gasteiger partial charge is 0.340 e. The molecule has 4 nitrogen and oxygen atoms in total. The molecule has 1 aliphatic carbocycles. The molecule has 4 heteroatoms. The van der Waals surface area contributed by atoms with Gasteiger partial charge in [0.25, 0.3) is 5.91 Å². The first kappa shape index (κ1) is 10.8. The highest BCUT2D eigenvalue weighted by Crippen LogP contribution is 2.40. The van der Waals surface area contributed by atoms with Gasteiger partial charge in [-0.25, -0.2) is 10.4 Å². The first-order chi connectivity index (χ1) is 9.33. The van der Waals surface area contributed by atoms with Gasteiger partial charge in [0.2, 0.25) is 0 Å². The van der Waals surface area contributed by atoms with Gasteiger partial charge in [-0.15, -0.1) is 0 Å². The first-order valence-electron chi connectivity index (χ1n) is 6.68. The molecule has 0 aromatic heterocycles. The number of carbonyl (C=O) groups is 1. The minimum absolute atomic E-state index is 0. The van der Waals surface area contributed by atoms with E-state index < -0.39 is 0 Å². The molecular weight excluding hydrogens is 238 g/mol. The van der Waals surface area contributed by atoms with Crippen LogP contribution in [0.2, 0.25) is 0 Å². The maximum atomic E-state index is 12.2. The molecule has 0 spiro atoms. The summed E-state index contributed by atoms with van der Waals surface area (Å²) in [5, 5.41) is 5.06. The van der Waals surface area contributed by atoms with Gasteiger partial charge >= 0.3 is 0 Å². The highest BCUT2D eigenvalue weighted by Gasteiger charge is 2.37. The van der Waals surface area contributed by atoms with Gasteiger partial charge in [0, 0.05) is 14.0 Å². The van der Waals surface area contributed by atoms with Crippen LogP contribution in [0, 0.1) is 5.92 Å². The van der Waals surface area contributed by atoms with E-state index in [0.29, 0.717) is 5.92 Å². The van der Waals surface area contributed by atoms with E-state index in [2.05, 4.69) is 10.7 Å². The minimum Gasteiger partial charge on any atom is -0.340 e. The van der Waals surface area contributed by atoms with Crippen LogP contribution in [0.1, 0.15) is 19.8 Å². The molecular formula is C15H17N3O. The molecule has 4 rings (SSSR count). The molecule has 0 radical (unpaired) electrons. The van der Waals surface area contributed by atoms with Gasteiger partial charge in [0.1, 0.15) is 5.82 Å². The number of benzene rings is 1. The summed E-state index contributed by atoms with van der Waals surface area (Å²) in [6.45, 7) is 0.786. The van der Waals surface area contributed by atoms with E-state index in [9.17, 15) is 4.79 Å².